The van der Waals surface area contributed by atoms with Crippen LogP contribution in [0, 0.1) is 18.3 Å². The summed E-state index contributed by atoms with van der Waals surface area (Å²) in [6.45, 7) is 1.94. The Kier molecular flexibility index (Phi) is 7.34. The summed E-state index contributed by atoms with van der Waals surface area (Å²) in [5.74, 6) is -0.561. The molecular weight excluding hydrogens is 486 g/mol. The molecule has 0 radical (unpaired) electrons. The number of nitriles is 1. The molecule has 37 heavy (non-hydrogen) atoms. The van der Waals surface area contributed by atoms with Gasteiger partial charge in [0.2, 0.25) is 10.0 Å². The van der Waals surface area contributed by atoms with E-state index >= 15 is 0 Å². The van der Waals surface area contributed by atoms with Crippen LogP contribution in [0.15, 0.2) is 95.5 Å². The van der Waals surface area contributed by atoms with Gasteiger partial charge in [0.25, 0.3) is 5.91 Å². The van der Waals surface area contributed by atoms with Crippen LogP contribution in [-0.4, -0.2) is 42.5 Å². The number of hydrogen-bond donors (Lipinski definition) is 1. The first-order valence-corrected chi connectivity index (χ1v) is 12.8. The maximum Gasteiger partial charge on any atom is 0.266 e. The van der Waals surface area contributed by atoms with Gasteiger partial charge < -0.3 is 5.32 Å². The van der Waals surface area contributed by atoms with Crippen LogP contribution in [0.1, 0.15) is 11.1 Å². The van der Waals surface area contributed by atoms with E-state index in [4.69, 9.17) is 0 Å². The number of carbonyl (C=O) groups excluding carboxylic acids is 1. The molecule has 0 aliphatic heterocycles. The van der Waals surface area contributed by atoms with Crippen molar-refractivity contribution < 1.29 is 13.2 Å². The third-order valence-corrected chi connectivity index (χ3v) is 7.43. The van der Waals surface area contributed by atoms with E-state index in [1.54, 1.807) is 35.1 Å². The van der Waals surface area contributed by atoms with E-state index in [2.05, 4.69) is 10.4 Å². The van der Waals surface area contributed by atoms with Gasteiger partial charge in [0.05, 0.1) is 10.6 Å². The second-order valence-electron chi connectivity index (χ2n) is 8.52. The number of aryl methyl sites for hydroxylation is 1. The second-order valence-corrected chi connectivity index (χ2v) is 10.7. The van der Waals surface area contributed by atoms with Gasteiger partial charge in [0.1, 0.15) is 17.3 Å². The Hall–Kier alpha value is -4.52. The third-order valence-electron chi connectivity index (χ3n) is 5.62. The van der Waals surface area contributed by atoms with Gasteiger partial charge in [-0.05, 0) is 49.4 Å². The number of benzene rings is 3. The molecule has 4 aromatic rings. The van der Waals surface area contributed by atoms with Gasteiger partial charge in [-0.1, -0.05) is 48.0 Å². The molecule has 4 rings (SSSR count). The van der Waals surface area contributed by atoms with Crippen molar-refractivity contribution in [2.45, 2.75) is 11.8 Å². The Balaban J connectivity index is 1.81. The maximum absolute atomic E-state index is 12.9. The predicted octanol–water partition coefficient (Wildman–Crippen LogP) is 4.64. The number of anilines is 1. The summed E-state index contributed by atoms with van der Waals surface area (Å²) in [7, 11) is -0.749. The van der Waals surface area contributed by atoms with E-state index in [0.717, 1.165) is 15.6 Å². The molecule has 0 saturated heterocycles. The lowest BCUT2D eigenvalue weighted by molar-refractivity contribution is -0.112. The summed E-state index contributed by atoms with van der Waals surface area (Å²) in [6.07, 6.45) is 3.16. The molecule has 0 saturated carbocycles. The number of amides is 1. The summed E-state index contributed by atoms with van der Waals surface area (Å²) in [5.41, 5.74) is 3.70. The molecule has 9 heteroatoms. The van der Waals surface area contributed by atoms with E-state index in [1.165, 1.54) is 32.3 Å². The van der Waals surface area contributed by atoms with Crippen LogP contribution in [0.2, 0.25) is 0 Å². The van der Waals surface area contributed by atoms with Gasteiger partial charge in [-0.15, -0.1) is 0 Å². The molecule has 8 nitrogen and oxygen atoms in total. The first-order valence-electron chi connectivity index (χ1n) is 11.4. The van der Waals surface area contributed by atoms with Crippen LogP contribution in [0.4, 0.5) is 5.69 Å². The predicted molar refractivity (Wildman–Crippen MR) is 143 cm³/mol. The SMILES string of the molecule is Cc1ccc(NC(=O)/C(C#N)=C\c2cn(-c3ccccc3)nc2-c2cccc(S(=O)(=O)N(C)C)c2)cc1. The lowest BCUT2D eigenvalue weighted by Crippen LogP contribution is -2.22. The standard InChI is InChI=1S/C28H25N5O3S/c1-20-12-14-24(15-13-20)30-28(34)22(18-29)16-23-19-33(25-9-5-4-6-10-25)31-27(23)21-8-7-11-26(17-21)37(35,36)32(2)3/h4-17,19H,1-3H3,(H,30,34)/b22-16-. The Morgan fingerprint density at radius 3 is 2.38 bits per heavy atom. The average molecular weight is 512 g/mol. The van der Waals surface area contributed by atoms with Crippen LogP contribution in [0.25, 0.3) is 23.0 Å². The van der Waals surface area contributed by atoms with Crippen molar-refractivity contribution in [3.8, 4) is 23.0 Å². The molecule has 186 valence electrons. The number of rotatable bonds is 7. The van der Waals surface area contributed by atoms with Crippen LogP contribution < -0.4 is 5.32 Å². The number of nitrogens with one attached hydrogen (secondary N) is 1. The van der Waals surface area contributed by atoms with Crippen molar-refractivity contribution in [3.63, 3.8) is 0 Å². The number of hydrogen-bond acceptors (Lipinski definition) is 5. The van der Waals surface area contributed by atoms with Crippen LogP contribution in [0.5, 0.6) is 0 Å². The molecule has 0 aliphatic carbocycles. The normalized spacial score (nSPS) is 11.8. The minimum atomic E-state index is -3.68. The molecule has 1 amide bonds. The van der Waals surface area contributed by atoms with Crippen molar-refractivity contribution in [1.82, 2.24) is 14.1 Å². The zero-order valence-electron chi connectivity index (χ0n) is 20.6. The number of nitrogens with zero attached hydrogens (tertiary/aromatic N) is 4. The molecule has 0 unspecified atom stereocenters. The van der Waals surface area contributed by atoms with Crippen molar-refractivity contribution in [2.24, 2.45) is 0 Å². The summed E-state index contributed by atoms with van der Waals surface area (Å²) < 4.78 is 28.2. The Bertz CT molecular complexity index is 1610. The monoisotopic (exact) mass is 511 g/mol. The lowest BCUT2D eigenvalue weighted by atomic mass is 10.1. The first-order chi connectivity index (χ1) is 17.7. The van der Waals surface area contributed by atoms with Crippen LogP contribution >= 0.6 is 0 Å². The van der Waals surface area contributed by atoms with Gasteiger partial charge in [-0.2, -0.15) is 10.4 Å². The smallest absolute Gasteiger partial charge is 0.266 e. The average Bonchev–Trinajstić information content (AvgIpc) is 3.33. The number of para-hydroxylation sites is 1. The zero-order chi connectivity index (χ0) is 26.6. The molecule has 0 aliphatic rings. The molecule has 0 atom stereocenters. The van der Waals surface area contributed by atoms with Gasteiger partial charge in [-0.3, -0.25) is 4.79 Å². The van der Waals surface area contributed by atoms with Crippen LogP contribution in [0.3, 0.4) is 0 Å². The molecule has 0 bridgehead atoms. The van der Waals surface area contributed by atoms with Gasteiger partial charge in [0.15, 0.2) is 0 Å². The Morgan fingerprint density at radius 2 is 1.73 bits per heavy atom. The van der Waals surface area contributed by atoms with Gasteiger partial charge >= 0.3 is 0 Å². The topological polar surface area (TPSA) is 108 Å². The minimum Gasteiger partial charge on any atom is -0.321 e. The third kappa shape index (κ3) is 5.67. The van der Waals surface area contributed by atoms with E-state index in [-0.39, 0.29) is 10.5 Å². The fourth-order valence-corrected chi connectivity index (χ4v) is 4.53. The zero-order valence-corrected chi connectivity index (χ0v) is 21.4. The summed E-state index contributed by atoms with van der Waals surface area (Å²) >= 11 is 0. The minimum absolute atomic E-state index is 0.108. The Morgan fingerprint density at radius 1 is 1.03 bits per heavy atom. The number of sulfonamides is 1. The first kappa shape index (κ1) is 25.6. The molecule has 1 heterocycles. The van der Waals surface area contributed by atoms with Crippen LogP contribution in [-0.2, 0) is 14.8 Å². The van der Waals surface area contributed by atoms with E-state index in [9.17, 15) is 18.5 Å². The molecular formula is C28H25N5O3S. The van der Waals surface area contributed by atoms with Crippen molar-refractivity contribution in [2.75, 3.05) is 19.4 Å². The second kappa shape index (κ2) is 10.6. The highest BCUT2D eigenvalue weighted by molar-refractivity contribution is 7.89. The van der Waals surface area contributed by atoms with Crippen molar-refractivity contribution in [3.05, 3.63) is 102 Å². The molecule has 3 aromatic carbocycles. The summed E-state index contributed by atoms with van der Waals surface area (Å²) in [4.78, 5) is 13.0. The quantitative estimate of drug-likeness (QED) is 0.287. The van der Waals surface area contributed by atoms with E-state index in [0.29, 0.717) is 22.5 Å². The maximum atomic E-state index is 12.9. The summed E-state index contributed by atoms with van der Waals surface area (Å²) in [6, 6.07) is 25.0. The highest BCUT2D eigenvalue weighted by Gasteiger charge is 2.20. The number of carbonyl (C=O) groups is 1. The highest BCUT2D eigenvalue weighted by atomic mass is 32.2. The number of aromatic nitrogens is 2. The molecule has 1 N–H and O–H groups in total. The summed E-state index contributed by atoms with van der Waals surface area (Å²) in [5, 5.41) is 17.2. The molecule has 0 fully saturated rings. The fraction of sp³-hybridized carbons (Fsp3) is 0.107. The Labute approximate surface area is 216 Å². The van der Waals surface area contributed by atoms with Crippen molar-refractivity contribution >= 4 is 27.7 Å². The van der Waals surface area contributed by atoms with E-state index < -0.39 is 15.9 Å². The van der Waals surface area contributed by atoms with E-state index in [1.807, 2.05) is 55.5 Å². The molecule has 0 spiro atoms. The fourth-order valence-electron chi connectivity index (χ4n) is 3.58. The highest BCUT2D eigenvalue weighted by Crippen LogP contribution is 2.28. The van der Waals surface area contributed by atoms with Gasteiger partial charge in [-0.25, -0.2) is 17.4 Å². The van der Waals surface area contributed by atoms with Crippen molar-refractivity contribution in [1.29, 1.82) is 5.26 Å². The lowest BCUT2D eigenvalue weighted by Gasteiger charge is -2.12. The molecule has 1 aromatic heterocycles. The largest absolute Gasteiger partial charge is 0.321 e. The van der Waals surface area contributed by atoms with Gasteiger partial charge in [0, 0.05) is 37.1 Å².